The fourth-order valence-corrected chi connectivity index (χ4v) is 2.47. The standard InChI is InChI=1S/C18H16N2O4/c1-11-8-15(23-12(2)21)5-7-18(11)20-10-14-9-16(24-13(3)22)4-6-17(14)19-20/h4-10H,1-3H3. The van der Waals surface area contributed by atoms with Gasteiger partial charge in [0.25, 0.3) is 0 Å². The van der Waals surface area contributed by atoms with E-state index < -0.39 is 0 Å². The number of fused-ring (bicyclic) bond motifs is 1. The number of carbonyl (C=O) groups is 2. The number of ether oxygens (including phenoxy) is 2. The maximum absolute atomic E-state index is 11.0. The van der Waals surface area contributed by atoms with Crippen LogP contribution >= 0.6 is 0 Å². The van der Waals surface area contributed by atoms with Crippen molar-refractivity contribution in [3.63, 3.8) is 0 Å². The Morgan fingerprint density at radius 3 is 2.21 bits per heavy atom. The summed E-state index contributed by atoms with van der Waals surface area (Å²) in [5.74, 6) is 0.262. The Morgan fingerprint density at radius 1 is 0.958 bits per heavy atom. The smallest absolute Gasteiger partial charge is 0.308 e. The Morgan fingerprint density at radius 2 is 1.58 bits per heavy atom. The summed E-state index contributed by atoms with van der Waals surface area (Å²) in [6, 6.07) is 10.6. The van der Waals surface area contributed by atoms with Gasteiger partial charge in [0.05, 0.1) is 11.2 Å². The molecule has 6 heteroatoms. The van der Waals surface area contributed by atoms with Crippen LogP contribution in [0, 0.1) is 6.92 Å². The average Bonchev–Trinajstić information content (AvgIpc) is 2.88. The summed E-state index contributed by atoms with van der Waals surface area (Å²) in [5.41, 5.74) is 2.58. The predicted molar refractivity (Wildman–Crippen MR) is 88.4 cm³/mol. The molecule has 122 valence electrons. The number of rotatable bonds is 3. The molecule has 1 heterocycles. The van der Waals surface area contributed by atoms with Crippen LogP contribution in [0.1, 0.15) is 19.4 Å². The van der Waals surface area contributed by atoms with Crippen molar-refractivity contribution in [2.24, 2.45) is 0 Å². The van der Waals surface area contributed by atoms with Gasteiger partial charge in [-0.3, -0.25) is 9.59 Å². The first-order chi connectivity index (χ1) is 11.4. The van der Waals surface area contributed by atoms with Crippen LogP contribution in [-0.2, 0) is 9.59 Å². The number of hydrogen-bond donors (Lipinski definition) is 0. The van der Waals surface area contributed by atoms with E-state index in [-0.39, 0.29) is 11.9 Å². The molecule has 0 amide bonds. The van der Waals surface area contributed by atoms with E-state index in [0.29, 0.717) is 11.5 Å². The molecule has 0 aliphatic carbocycles. The van der Waals surface area contributed by atoms with E-state index in [1.807, 2.05) is 19.2 Å². The first kappa shape index (κ1) is 15.7. The third-order valence-electron chi connectivity index (χ3n) is 3.41. The first-order valence-electron chi connectivity index (χ1n) is 7.39. The van der Waals surface area contributed by atoms with E-state index in [2.05, 4.69) is 5.10 Å². The molecule has 0 radical (unpaired) electrons. The van der Waals surface area contributed by atoms with E-state index in [9.17, 15) is 9.59 Å². The number of aromatic nitrogens is 2. The van der Waals surface area contributed by atoms with Gasteiger partial charge in [-0.05, 0) is 48.9 Å². The van der Waals surface area contributed by atoms with Gasteiger partial charge in [0, 0.05) is 25.4 Å². The summed E-state index contributed by atoms with van der Waals surface area (Å²) in [5, 5.41) is 5.38. The third-order valence-corrected chi connectivity index (χ3v) is 3.41. The lowest BCUT2D eigenvalue weighted by Crippen LogP contribution is -2.03. The van der Waals surface area contributed by atoms with Crippen molar-refractivity contribution >= 4 is 22.8 Å². The highest BCUT2D eigenvalue weighted by atomic mass is 16.5. The number of aryl methyl sites for hydroxylation is 1. The van der Waals surface area contributed by atoms with Crippen LogP contribution in [0.5, 0.6) is 11.5 Å². The van der Waals surface area contributed by atoms with Crippen molar-refractivity contribution in [2.75, 3.05) is 0 Å². The molecular weight excluding hydrogens is 308 g/mol. The molecule has 0 aliphatic heterocycles. The van der Waals surface area contributed by atoms with Crippen LogP contribution in [0.3, 0.4) is 0 Å². The van der Waals surface area contributed by atoms with Crippen molar-refractivity contribution in [2.45, 2.75) is 20.8 Å². The van der Waals surface area contributed by atoms with Gasteiger partial charge in [-0.2, -0.15) is 5.10 Å². The Bertz CT molecular complexity index is 943. The van der Waals surface area contributed by atoms with Gasteiger partial charge >= 0.3 is 11.9 Å². The monoisotopic (exact) mass is 324 g/mol. The lowest BCUT2D eigenvalue weighted by atomic mass is 10.2. The van der Waals surface area contributed by atoms with Crippen LogP contribution < -0.4 is 9.47 Å². The maximum atomic E-state index is 11.0. The van der Waals surface area contributed by atoms with Crippen LogP contribution in [0.25, 0.3) is 16.6 Å². The minimum atomic E-state index is -0.362. The van der Waals surface area contributed by atoms with Crippen molar-refractivity contribution in [3.8, 4) is 17.2 Å². The number of benzene rings is 2. The summed E-state index contributed by atoms with van der Waals surface area (Å²) in [6.45, 7) is 4.64. The molecule has 2 aromatic carbocycles. The molecule has 0 fully saturated rings. The van der Waals surface area contributed by atoms with E-state index in [1.54, 1.807) is 35.0 Å². The van der Waals surface area contributed by atoms with Gasteiger partial charge in [0.15, 0.2) is 0 Å². The SMILES string of the molecule is CC(=O)Oc1ccc(-n2cc3cc(OC(C)=O)ccc3n2)c(C)c1. The van der Waals surface area contributed by atoms with Crippen molar-refractivity contribution in [1.29, 1.82) is 0 Å². The normalized spacial score (nSPS) is 10.6. The van der Waals surface area contributed by atoms with Gasteiger partial charge in [-0.25, -0.2) is 4.68 Å². The van der Waals surface area contributed by atoms with Gasteiger partial charge in [0.1, 0.15) is 11.5 Å². The molecule has 0 saturated heterocycles. The van der Waals surface area contributed by atoms with E-state index in [0.717, 1.165) is 22.2 Å². The molecule has 1 aromatic heterocycles. The molecule has 6 nitrogen and oxygen atoms in total. The van der Waals surface area contributed by atoms with E-state index in [1.165, 1.54) is 13.8 Å². The fraction of sp³-hybridized carbons (Fsp3) is 0.167. The Balaban J connectivity index is 1.97. The Labute approximate surface area is 138 Å². The zero-order valence-electron chi connectivity index (χ0n) is 13.6. The topological polar surface area (TPSA) is 70.4 Å². The highest BCUT2D eigenvalue weighted by Gasteiger charge is 2.09. The summed E-state index contributed by atoms with van der Waals surface area (Å²) in [4.78, 5) is 22.1. The predicted octanol–water partition coefficient (Wildman–Crippen LogP) is 3.18. The molecule has 3 aromatic rings. The second-order valence-electron chi connectivity index (χ2n) is 5.43. The summed E-state index contributed by atoms with van der Waals surface area (Å²) >= 11 is 0. The molecule has 3 rings (SSSR count). The molecular formula is C18H16N2O4. The maximum Gasteiger partial charge on any atom is 0.308 e. The average molecular weight is 324 g/mol. The second kappa shape index (κ2) is 6.16. The third kappa shape index (κ3) is 3.27. The van der Waals surface area contributed by atoms with Crippen LogP contribution in [0.4, 0.5) is 0 Å². The van der Waals surface area contributed by atoms with Crippen molar-refractivity contribution in [1.82, 2.24) is 9.78 Å². The molecule has 0 saturated carbocycles. The minimum absolute atomic E-state index is 0.357. The largest absolute Gasteiger partial charge is 0.427 e. The van der Waals surface area contributed by atoms with Gasteiger partial charge in [0.2, 0.25) is 0 Å². The van der Waals surface area contributed by atoms with Crippen LogP contribution in [-0.4, -0.2) is 21.7 Å². The minimum Gasteiger partial charge on any atom is -0.427 e. The van der Waals surface area contributed by atoms with Crippen molar-refractivity contribution in [3.05, 3.63) is 48.2 Å². The highest BCUT2D eigenvalue weighted by Crippen LogP contribution is 2.24. The van der Waals surface area contributed by atoms with Crippen LogP contribution in [0.2, 0.25) is 0 Å². The molecule has 0 spiro atoms. The van der Waals surface area contributed by atoms with E-state index in [4.69, 9.17) is 9.47 Å². The Hall–Kier alpha value is -3.15. The van der Waals surface area contributed by atoms with Gasteiger partial charge < -0.3 is 9.47 Å². The lowest BCUT2D eigenvalue weighted by molar-refractivity contribution is -0.132. The number of hydrogen-bond acceptors (Lipinski definition) is 5. The zero-order valence-corrected chi connectivity index (χ0v) is 13.6. The van der Waals surface area contributed by atoms with E-state index >= 15 is 0 Å². The van der Waals surface area contributed by atoms with Gasteiger partial charge in [-0.15, -0.1) is 0 Å². The number of esters is 2. The number of carbonyl (C=O) groups excluding carboxylic acids is 2. The molecule has 0 atom stereocenters. The summed E-state index contributed by atoms with van der Waals surface area (Å²) in [6.07, 6.45) is 1.86. The summed E-state index contributed by atoms with van der Waals surface area (Å²) in [7, 11) is 0. The highest BCUT2D eigenvalue weighted by molar-refractivity contribution is 5.81. The molecule has 0 aliphatic rings. The summed E-state index contributed by atoms with van der Waals surface area (Å²) < 4.78 is 11.9. The fourth-order valence-electron chi connectivity index (χ4n) is 2.47. The van der Waals surface area contributed by atoms with Crippen LogP contribution in [0.15, 0.2) is 42.6 Å². The molecule has 0 N–H and O–H groups in total. The Kier molecular flexibility index (Phi) is 4.04. The quantitative estimate of drug-likeness (QED) is 0.546. The second-order valence-corrected chi connectivity index (χ2v) is 5.43. The number of nitrogens with zero attached hydrogens (tertiary/aromatic N) is 2. The van der Waals surface area contributed by atoms with Gasteiger partial charge in [-0.1, -0.05) is 0 Å². The lowest BCUT2D eigenvalue weighted by Gasteiger charge is -2.08. The molecule has 0 bridgehead atoms. The van der Waals surface area contributed by atoms with Crippen molar-refractivity contribution < 1.29 is 19.1 Å². The molecule has 0 unspecified atom stereocenters. The first-order valence-corrected chi connectivity index (χ1v) is 7.39. The zero-order chi connectivity index (χ0) is 17.3. The molecule has 24 heavy (non-hydrogen) atoms.